The number of hydrogen-bond acceptors (Lipinski definition) is 3. The Hall–Kier alpha value is -0.960. The Balaban J connectivity index is 2.95. The molecule has 0 fully saturated rings. The molecule has 0 aliphatic rings. The largest absolute Gasteiger partial charge is 0.294 e. The van der Waals surface area contributed by atoms with Crippen LogP contribution in [0.2, 0.25) is 0 Å². The van der Waals surface area contributed by atoms with Crippen molar-refractivity contribution in [3.63, 3.8) is 0 Å². The van der Waals surface area contributed by atoms with Gasteiger partial charge in [-0.15, -0.1) is 0 Å². The second-order valence-electron chi connectivity index (χ2n) is 2.35. The van der Waals surface area contributed by atoms with Gasteiger partial charge in [0.2, 0.25) is 0 Å². The van der Waals surface area contributed by atoms with Gasteiger partial charge in [-0.25, -0.2) is 4.21 Å². The van der Waals surface area contributed by atoms with Crippen molar-refractivity contribution in [1.82, 2.24) is 0 Å². The van der Waals surface area contributed by atoms with Crippen LogP contribution in [0.5, 0.6) is 0 Å². The summed E-state index contributed by atoms with van der Waals surface area (Å²) in [5, 5.41) is 0. The maximum atomic E-state index is 10.6. The van der Waals surface area contributed by atoms with Gasteiger partial charge in [0.05, 0.1) is 4.90 Å². The highest BCUT2D eigenvalue weighted by Gasteiger charge is 2.08. The van der Waals surface area contributed by atoms with Crippen LogP contribution in [0, 0.1) is 0 Å². The minimum atomic E-state index is -4.21. The molecule has 3 N–H and O–H groups in total. The van der Waals surface area contributed by atoms with Gasteiger partial charge in [0.15, 0.2) is 0 Å². The van der Waals surface area contributed by atoms with E-state index in [0.717, 1.165) is 12.1 Å². The lowest BCUT2D eigenvalue weighted by atomic mass is 10.3. The molecule has 0 aliphatic heterocycles. The molecule has 1 rings (SSSR count). The van der Waals surface area contributed by atoms with E-state index in [-0.39, 0.29) is 10.6 Å². The Bertz CT molecular complexity index is 438. The lowest BCUT2D eigenvalue weighted by Gasteiger charge is -2.01. The fraction of sp³-hybridized carbons (Fsp3) is 0. The summed E-state index contributed by atoms with van der Waals surface area (Å²) in [5.41, 5.74) is 0.276. The van der Waals surface area contributed by atoms with Crippen LogP contribution in [0.1, 0.15) is 0 Å². The van der Waals surface area contributed by atoms with E-state index >= 15 is 0 Å². The average molecular weight is 237 g/mol. The van der Waals surface area contributed by atoms with Gasteiger partial charge in [-0.2, -0.15) is 8.42 Å². The van der Waals surface area contributed by atoms with Crippen molar-refractivity contribution < 1.29 is 21.7 Å². The van der Waals surface area contributed by atoms with Gasteiger partial charge in [-0.3, -0.25) is 13.8 Å². The van der Waals surface area contributed by atoms with Gasteiger partial charge in [-0.1, -0.05) is 0 Å². The molecule has 0 bridgehead atoms. The normalized spacial score (nSPS) is 13.6. The Morgan fingerprint density at radius 3 is 2.07 bits per heavy atom. The highest BCUT2D eigenvalue weighted by atomic mass is 32.2. The van der Waals surface area contributed by atoms with Gasteiger partial charge >= 0.3 is 0 Å². The second kappa shape index (κ2) is 4.05. The molecular formula is C6H7NO5S2. The molecule has 1 unspecified atom stereocenters. The summed E-state index contributed by atoms with van der Waals surface area (Å²) in [4.78, 5) is -0.272. The first-order chi connectivity index (χ1) is 6.39. The third-order valence-electron chi connectivity index (χ3n) is 1.36. The third kappa shape index (κ3) is 3.07. The van der Waals surface area contributed by atoms with Crippen LogP contribution < -0.4 is 4.72 Å². The zero-order valence-corrected chi connectivity index (χ0v) is 8.38. The highest BCUT2D eigenvalue weighted by molar-refractivity contribution is 7.85. The average Bonchev–Trinajstić information content (AvgIpc) is 2.02. The molecule has 0 saturated carbocycles. The summed E-state index contributed by atoms with van der Waals surface area (Å²) in [6, 6.07) is 4.75. The Morgan fingerprint density at radius 2 is 1.71 bits per heavy atom. The van der Waals surface area contributed by atoms with Crippen LogP contribution in [0.4, 0.5) is 5.69 Å². The van der Waals surface area contributed by atoms with E-state index in [0.29, 0.717) is 0 Å². The zero-order chi connectivity index (χ0) is 10.8. The van der Waals surface area contributed by atoms with E-state index in [1.807, 2.05) is 0 Å². The fourth-order valence-corrected chi connectivity index (χ4v) is 1.61. The summed E-state index contributed by atoms with van der Waals surface area (Å²) in [7, 11) is -4.21. The first-order valence-electron chi connectivity index (χ1n) is 3.34. The second-order valence-corrected chi connectivity index (χ2v) is 4.47. The molecular weight excluding hydrogens is 230 g/mol. The Morgan fingerprint density at radius 1 is 1.21 bits per heavy atom. The van der Waals surface area contributed by atoms with E-state index < -0.39 is 21.4 Å². The first-order valence-corrected chi connectivity index (χ1v) is 5.89. The van der Waals surface area contributed by atoms with Crippen LogP contribution in [0.3, 0.4) is 0 Å². The summed E-state index contributed by atoms with van der Waals surface area (Å²) in [5.74, 6) is 0. The molecule has 1 aromatic rings. The molecule has 0 saturated heterocycles. The highest BCUT2D eigenvalue weighted by Crippen LogP contribution is 2.13. The molecule has 6 nitrogen and oxygen atoms in total. The van der Waals surface area contributed by atoms with Gasteiger partial charge in [0.1, 0.15) is 0 Å². The quantitative estimate of drug-likeness (QED) is 0.524. The summed E-state index contributed by atoms with van der Waals surface area (Å²) in [6.07, 6.45) is 0. The van der Waals surface area contributed by atoms with E-state index in [1.165, 1.54) is 12.1 Å². The number of anilines is 1. The molecule has 0 aromatic heterocycles. The molecule has 1 atom stereocenters. The van der Waals surface area contributed by atoms with E-state index in [2.05, 4.69) is 4.72 Å². The molecule has 8 heteroatoms. The van der Waals surface area contributed by atoms with Gasteiger partial charge in [0.25, 0.3) is 21.4 Å². The molecule has 0 heterocycles. The van der Waals surface area contributed by atoms with E-state index in [9.17, 15) is 12.6 Å². The van der Waals surface area contributed by atoms with Crippen LogP contribution in [0.15, 0.2) is 29.2 Å². The molecule has 0 spiro atoms. The lowest BCUT2D eigenvalue weighted by Crippen LogP contribution is -2.02. The maximum absolute atomic E-state index is 10.6. The van der Waals surface area contributed by atoms with Crippen LogP contribution in [-0.4, -0.2) is 21.7 Å². The minimum Gasteiger partial charge on any atom is -0.289 e. The van der Waals surface area contributed by atoms with Crippen LogP contribution in [-0.2, 0) is 21.4 Å². The topological polar surface area (TPSA) is 104 Å². The van der Waals surface area contributed by atoms with Crippen molar-refractivity contribution in [2.24, 2.45) is 0 Å². The summed E-state index contributed by atoms with van der Waals surface area (Å²) < 4.78 is 50.6. The van der Waals surface area contributed by atoms with Crippen molar-refractivity contribution in [3.8, 4) is 0 Å². The fourth-order valence-electron chi connectivity index (χ4n) is 0.796. The molecule has 78 valence electrons. The third-order valence-corrected chi connectivity index (χ3v) is 2.64. The minimum absolute atomic E-state index is 0.272. The number of rotatable bonds is 3. The van der Waals surface area contributed by atoms with Crippen molar-refractivity contribution in [1.29, 1.82) is 0 Å². The van der Waals surface area contributed by atoms with Crippen molar-refractivity contribution in [2.45, 2.75) is 4.90 Å². The maximum Gasteiger partial charge on any atom is 0.294 e. The van der Waals surface area contributed by atoms with Crippen LogP contribution in [0.25, 0.3) is 0 Å². The molecule has 14 heavy (non-hydrogen) atoms. The molecule has 0 radical (unpaired) electrons. The van der Waals surface area contributed by atoms with Crippen molar-refractivity contribution >= 4 is 27.1 Å². The first kappa shape index (κ1) is 11.1. The monoisotopic (exact) mass is 237 g/mol. The number of hydrogen-bond donors (Lipinski definition) is 3. The molecule has 0 amide bonds. The van der Waals surface area contributed by atoms with Gasteiger partial charge < -0.3 is 0 Å². The van der Waals surface area contributed by atoms with E-state index in [1.54, 1.807) is 0 Å². The molecule has 1 aromatic carbocycles. The number of nitrogens with one attached hydrogen (secondary N) is 1. The van der Waals surface area contributed by atoms with Crippen molar-refractivity contribution in [2.75, 3.05) is 4.72 Å². The zero-order valence-electron chi connectivity index (χ0n) is 6.75. The predicted molar refractivity (Wildman–Crippen MR) is 50.7 cm³/mol. The van der Waals surface area contributed by atoms with E-state index in [4.69, 9.17) is 9.11 Å². The van der Waals surface area contributed by atoms with Crippen LogP contribution >= 0.6 is 0 Å². The summed E-state index contributed by atoms with van der Waals surface area (Å²) in [6.45, 7) is 0. The number of benzene rings is 1. The standard InChI is InChI=1S/C6H7NO5S2/c8-13(9)7-5-1-3-6(4-2-5)14(10,11)12/h1-4,7H,(H,8,9)(H,10,11,12). The Labute approximate surface area is 83.1 Å². The van der Waals surface area contributed by atoms with Crippen molar-refractivity contribution in [3.05, 3.63) is 24.3 Å². The SMILES string of the molecule is O=S(O)Nc1ccc(S(=O)(=O)O)cc1. The Kier molecular flexibility index (Phi) is 3.21. The summed E-state index contributed by atoms with van der Waals surface area (Å²) >= 11 is -2.21. The lowest BCUT2D eigenvalue weighted by molar-refractivity contribution is 0.483. The predicted octanol–water partition coefficient (Wildman–Crippen LogP) is 0.482. The smallest absolute Gasteiger partial charge is 0.289 e. The van der Waals surface area contributed by atoms with Gasteiger partial charge in [0, 0.05) is 5.69 Å². The molecule has 0 aliphatic carbocycles. The van der Waals surface area contributed by atoms with Gasteiger partial charge in [-0.05, 0) is 24.3 Å².